The second kappa shape index (κ2) is 2.82. The predicted molar refractivity (Wildman–Crippen MR) is 38.3 cm³/mol. The van der Waals surface area contributed by atoms with E-state index in [0.29, 0.717) is 0 Å². The molecule has 1 nitrogen and oxygen atoms in total. The zero-order chi connectivity index (χ0) is 5.98. The second-order valence-electron chi connectivity index (χ2n) is 1.51. The molecule has 8 heavy (non-hydrogen) atoms. The number of aryl methyl sites for hydroxylation is 1. The number of thiazole rings is 1. The number of aromatic nitrogens is 1. The topological polar surface area (TPSA) is 12.9 Å². The van der Waals surface area contributed by atoms with Crippen molar-refractivity contribution in [1.29, 1.82) is 0 Å². The quantitative estimate of drug-likeness (QED) is 0.631. The first-order chi connectivity index (χ1) is 3.83. The summed E-state index contributed by atoms with van der Waals surface area (Å²) < 4.78 is 1.44. The van der Waals surface area contributed by atoms with Gasteiger partial charge in [0, 0.05) is 0 Å². The first-order valence-electron chi connectivity index (χ1n) is 2.53. The Kier molecular flexibility index (Phi) is 2.31. The van der Waals surface area contributed by atoms with Gasteiger partial charge in [-0.15, -0.1) is 0 Å². The van der Waals surface area contributed by atoms with Gasteiger partial charge in [0.1, 0.15) is 0 Å². The Hall–Kier alpha value is 0.429. The van der Waals surface area contributed by atoms with Gasteiger partial charge in [0.2, 0.25) is 0 Å². The van der Waals surface area contributed by atoms with Crippen molar-refractivity contribution < 1.29 is 0 Å². The maximum absolute atomic E-state index is 4.19. The van der Waals surface area contributed by atoms with Gasteiger partial charge in [-0.1, -0.05) is 0 Å². The van der Waals surface area contributed by atoms with Crippen LogP contribution in [0.15, 0.2) is 6.20 Å². The van der Waals surface area contributed by atoms with Crippen molar-refractivity contribution in [3.05, 3.63) is 11.2 Å². The van der Waals surface area contributed by atoms with Crippen molar-refractivity contribution in [2.24, 2.45) is 0 Å². The van der Waals surface area contributed by atoms with Crippen molar-refractivity contribution >= 4 is 36.8 Å². The van der Waals surface area contributed by atoms with E-state index in [1.165, 1.54) is 30.4 Å². The maximum atomic E-state index is 4.19. The Morgan fingerprint density at radius 3 is 2.88 bits per heavy atom. The molecular formula is C5H7NSSn. The summed E-state index contributed by atoms with van der Waals surface area (Å²) in [7, 11) is 0. The Bertz CT molecular complexity index is 173. The second-order valence-corrected chi connectivity index (χ2v) is 5.63. The van der Waals surface area contributed by atoms with Gasteiger partial charge in [-0.3, -0.25) is 0 Å². The molecule has 1 aromatic rings. The summed E-state index contributed by atoms with van der Waals surface area (Å²) in [6.45, 7) is 2.14. The fraction of sp³-hybridized carbons (Fsp3) is 0.400. The van der Waals surface area contributed by atoms with Crippen molar-refractivity contribution in [2.75, 3.05) is 0 Å². The molecule has 1 rings (SSSR count). The molecule has 1 aromatic heterocycles. The summed E-state index contributed by atoms with van der Waals surface area (Å²) in [6.07, 6.45) is 3.07. The van der Waals surface area contributed by atoms with E-state index in [9.17, 15) is 0 Å². The first kappa shape index (κ1) is 6.55. The molecule has 0 spiro atoms. The fourth-order valence-electron chi connectivity index (χ4n) is 0.488. The molecule has 3 heteroatoms. The van der Waals surface area contributed by atoms with Crippen molar-refractivity contribution in [1.82, 2.24) is 4.98 Å². The van der Waals surface area contributed by atoms with Crippen LogP contribution in [0.4, 0.5) is 0 Å². The van der Waals surface area contributed by atoms with Crippen LogP contribution in [0.3, 0.4) is 0 Å². The molecule has 0 fully saturated rings. The normalized spacial score (nSPS) is 9.75. The van der Waals surface area contributed by atoms with Gasteiger partial charge in [0.15, 0.2) is 0 Å². The molecule has 0 bridgehead atoms. The molecule has 1 heterocycles. The van der Waals surface area contributed by atoms with Crippen LogP contribution in [0.25, 0.3) is 0 Å². The average Bonchev–Trinajstić information content (AvgIpc) is 2.14. The first-order valence-corrected chi connectivity index (χ1v) is 4.99. The van der Waals surface area contributed by atoms with Gasteiger partial charge in [-0.25, -0.2) is 0 Å². The monoisotopic (exact) mass is 233 g/mol. The van der Waals surface area contributed by atoms with E-state index in [-0.39, 0.29) is 0 Å². The minimum absolute atomic E-state index is 1.09. The molecule has 0 saturated heterocycles. The van der Waals surface area contributed by atoms with Gasteiger partial charge in [-0.2, -0.15) is 0 Å². The molecule has 0 aliphatic rings. The molecule has 0 aliphatic heterocycles. The van der Waals surface area contributed by atoms with Crippen molar-refractivity contribution in [2.45, 2.75) is 13.3 Å². The van der Waals surface area contributed by atoms with Crippen LogP contribution in [0, 0.1) is 0 Å². The third-order valence-electron chi connectivity index (χ3n) is 0.874. The molecule has 0 aliphatic carbocycles. The van der Waals surface area contributed by atoms with Crippen LogP contribution in [0.1, 0.15) is 11.9 Å². The van der Waals surface area contributed by atoms with Gasteiger partial charge < -0.3 is 0 Å². The Balaban J connectivity index is 2.84. The third-order valence-corrected chi connectivity index (χ3v) is 3.28. The van der Waals surface area contributed by atoms with Gasteiger partial charge >= 0.3 is 66.3 Å². The van der Waals surface area contributed by atoms with E-state index in [1.54, 1.807) is 0 Å². The summed E-state index contributed by atoms with van der Waals surface area (Å²) >= 11 is 3.05. The molecule has 0 N–H and O–H groups in total. The predicted octanol–water partition coefficient (Wildman–Crippen LogP) is 0.232. The summed E-state index contributed by atoms with van der Waals surface area (Å²) in [4.78, 5) is 4.19. The summed E-state index contributed by atoms with van der Waals surface area (Å²) in [5.41, 5.74) is 0. The van der Waals surface area contributed by atoms with Crippen LogP contribution < -0.4 is 2.89 Å². The Morgan fingerprint density at radius 2 is 2.62 bits per heavy atom. The Labute approximate surface area is 66.2 Å². The zero-order valence-corrected chi connectivity index (χ0v) is 8.83. The van der Waals surface area contributed by atoms with E-state index in [0.717, 1.165) is 6.42 Å². The van der Waals surface area contributed by atoms with Crippen LogP contribution >= 0.6 is 11.3 Å². The average molecular weight is 232 g/mol. The van der Waals surface area contributed by atoms with Crippen LogP contribution in [0.5, 0.6) is 0 Å². The summed E-state index contributed by atoms with van der Waals surface area (Å²) in [5, 5.41) is 1.27. The molecular weight excluding hydrogens is 225 g/mol. The van der Waals surface area contributed by atoms with E-state index in [2.05, 4.69) is 11.9 Å². The van der Waals surface area contributed by atoms with Crippen LogP contribution in [0.2, 0.25) is 0 Å². The van der Waals surface area contributed by atoms with E-state index in [1.807, 2.05) is 17.5 Å². The number of nitrogens with zero attached hydrogens (tertiary/aromatic N) is 1. The number of rotatable bonds is 1. The standard InChI is InChI=1S/C5H6NS.Sn.H/c1-2-5-6-3-4-7-5;;/h3H,2H2,1H3;;. The van der Waals surface area contributed by atoms with Gasteiger partial charge in [0.05, 0.1) is 0 Å². The van der Waals surface area contributed by atoms with Gasteiger partial charge in [-0.05, 0) is 0 Å². The number of hydrogen-bond donors (Lipinski definition) is 0. The fourth-order valence-corrected chi connectivity index (χ4v) is 2.49. The summed E-state index contributed by atoms with van der Waals surface area (Å²) in [5.74, 6) is 0. The van der Waals surface area contributed by atoms with Crippen molar-refractivity contribution in [3.8, 4) is 0 Å². The number of hydrogen-bond acceptors (Lipinski definition) is 2. The molecule has 0 saturated carbocycles. The van der Waals surface area contributed by atoms with Crippen LogP contribution in [-0.4, -0.2) is 27.5 Å². The molecule has 2 radical (unpaired) electrons. The molecule has 0 unspecified atom stereocenters. The molecule has 42 valence electrons. The van der Waals surface area contributed by atoms with E-state index in [4.69, 9.17) is 0 Å². The van der Waals surface area contributed by atoms with E-state index >= 15 is 0 Å². The Morgan fingerprint density at radius 1 is 1.88 bits per heavy atom. The van der Waals surface area contributed by atoms with Crippen LogP contribution in [-0.2, 0) is 6.42 Å². The van der Waals surface area contributed by atoms with Gasteiger partial charge in [0.25, 0.3) is 0 Å². The molecule has 0 aromatic carbocycles. The SMILES string of the molecule is CCc1nc[c]([SnH])s1. The van der Waals surface area contributed by atoms with E-state index < -0.39 is 0 Å². The summed E-state index contributed by atoms with van der Waals surface area (Å²) in [6, 6.07) is 0. The zero-order valence-electron chi connectivity index (χ0n) is 4.72. The molecule has 0 amide bonds. The molecule has 0 atom stereocenters. The third kappa shape index (κ3) is 1.45. The van der Waals surface area contributed by atoms with Crippen molar-refractivity contribution in [3.63, 3.8) is 0 Å². The minimum atomic E-state index is 1.09.